The number of para-hydroxylation sites is 1. The molecule has 0 unspecified atom stereocenters. The molecule has 0 aliphatic carbocycles. The highest BCUT2D eigenvalue weighted by atomic mass is 35.5. The summed E-state index contributed by atoms with van der Waals surface area (Å²) in [5.74, 6) is 0.734. The zero-order valence-electron chi connectivity index (χ0n) is 11.3. The van der Waals surface area contributed by atoms with Crippen LogP contribution in [0.5, 0.6) is 5.75 Å². The van der Waals surface area contributed by atoms with Crippen molar-refractivity contribution in [2.75, 3.05) is 13.2 Å². The van der Waals surface area contributed by atoms with Gasteiger partial charge in [-0.1, -0.05) is 60.1 Å². The van der Waals surface area contributed by atoms with Crippen LogP contribution in [0.25, 0.3) is 6.08 Å². The fraction of sp³-hybridized carbons (Fsp3) is 0.176. The molecular weight excluding hydrogens is 270 g/mol. The largest absolute Gasteiger partial charge is 0.488 e. The lowest BCUT2D eigenvalue weighted by molar-refractivity contribution is 0.360. The van der Waals surface area contributed by atoms with Gasteiger partial charge in [0.1, 0.15) is 12.4 Å². The maximum atomic E-state index is 6.17. The van der Waals surface area contributed by atoms with Crippen LogP contribution in [0.1, 0.15) is 11.1 Å². The van der Waals surface area contributed by atoms with Crippen molar-refractivity contribution >= 4 is 17.7 Å². The molecule has 3 heteroatoms. The van der Waals surface area contributed by atoms with E-state index in [1.165, 1.54) is 0 Å². The van der Waals surface area contributed by atoms with Crippen molar-refractivity contribution in [3.63, 3.8) is 0 Å². The maximum absolute atomic E-state index is 6.17. The number of nitrogens with two attached hydrogens (primary N) is 1. The first-order chi connectivity index (χ1) is 9.81. The normalized spacial score (nSPS) is 10.9. The molecule has 20 heavy (non-hydrogen) atoms. The van der Waals surface area contributed by atoms with Crippen LogP contribution < -0.4 is 10.5 Å². The minimum absolute atomic E-state index is 0.482. The van der Waals surface area contributed by atoms with Crippen LogP contribution in [0.4, 0.5) is 0 Å². The lowest BCUT2D eigenvalue weighted by Crippen LogP contribution is -2.05. The highest BCUT2D eigenvalue weighted by Gasteiger charge is 2.06. The molecule has 2 aromatic carbocycles. The molecule has 2 aromatic rings. The molecular formula is C17H18ClNO. The van der Waals surface area contributed by atoms with Gasteiger partial charge in [-0.05, 0) is 36.2 Å². The first-order valence-corrected chi connectivity index (χ1v) is 7.01. The van der Waals surface area contributed by atoms with Gasteiger partial charge >= 0.3 is 0 Å². The monoisotopic (exact) mass is 287 g/mol. The quantitative estimate of drug-likeness (QED) is 0.873. The molecule has 0 radical (unpaired) electrons. The fourth-order valence-electron chi connectivity index (χ4n) is 1.95. The van der Waals surface area contributed by atoms with E-state index in [1.54, 1.807) is 0 Å². The Bertz CT molecular complexity index is 566. The molecule has 2 rings (SSSR count). The van der Waals surface area contributed by atoms with E-state index in [0.717, 1.165) is 23.3 Å². The van der Waals surface area contributed by atoms with Crippen molar-refractivity contribution in [3.8, 4) is 5.75 Å². The topological polar surface area (TPSA) is 35.2 Å². The number of ether oxygens (including phenoxy) is 1. The van der Waals surface area contributed by atoms with E-state index in [1.807, 2.05) is 60.7 Å². The van der Waals surface area contributed by atoms with Crippen LogP contribution in [0.15, 0.2) is 54.6 Å². The van der Waals surface area contributed by atoms with Crippen molar-refractivity contribution < 1.29 is 4.74 Å². The van der Waals surface area contributed by atoms with Gasteiger partial charge in [-0.25, -0.2) is 0 Å². The number of rotatable bonds is 6. The molecule has 0 heterocycles. The zero-order chi connectivity index (χ0) is 14.2. The first kappa shape index (κ1) is 14.6. The Hall–Kier alpha value is -1.77. The third kappa shape index (κ3) is 4.12. The van der Waals surface area contributed by atoms with Gasteiger partial charge in [-0.15, -0.1) is 0 Å². The van der Waals surface area contributed by atoms with Crippen LogP contribution in [0.2, 0.25) is 5.02 Å². The Labute approximate surface area is 124 Å². The highest BCUT2D eigenvalue weighted by molar-refractivity contribution is 6.32. The minimum atomic E-state index is 0.482. The van der Waals surface area contributed by atoms with Crippen molar-refractivity contribution in [1.82, 2.24) is 0 Å². The summed E-state index contributed by atoms with van der Waals surface area (Å²) in [4.78, 5) is 0. The third-order valence-electron chi connectivity index (χ3n) is 2.90. The first-order valence-electron chi connectivity index (χ1n) is 6.63. The summed E-state index contributed by atoms with van der Waals surface area (Å²) in [6.07, 6.45) is 4.77. The van der Waals surface area contributed by atoms with E-state index in [2.05, 4.69) is 0 Å². The van der Waals surface area contributed by atoms with Crippen LogP contribution in [-0.2, 0) is 6.42 Å². The van der Waals surface area contributed by atoms with Gasteiger partial charge in [-0.3, -0.25) is 0 Å². The van der Waals surface area contributed by atoms with Gasteiger partial charge in [0, 0.05) is 0 Å². The SMILES string of the molecule is NCCc1cccc(Cl)c1OC/C=C/c1ccccc1. The molecule has 0 saturated heterocycles. The lowest BCUT2D eigenvalue weighted by atomic mass is 10.1. The van der Waals surface area contributed by atoms with Crippen LogP contribution in [0.3, 0.4) is 0 Å². The predicted octanol–water partition coefficient (Wildman–Crippen LogP) is 3.93. The van der Waals surface area contributed by atoms with E-state index < -0.39 is 0 Å². The molecule has 0 amide bonds. The highest BCUT2D eigenvalue weighted by Crippen LogP contribution is 2.28. The summed E-state index contributed by atoms with van der Waals surface area (Å²) in [5.41, 5.74) is 7.80. The van der Waals surface area contributed by atoms with Gasteiger partial charge < -0.3 is 10.5 Å². The van der Waals surface area contributed by atoms with Crippen LogP contribution in [0, 0.1) is 0 Å². The second-order valence-corrected chi connectivity index (χ2v) is 4.80. The number of benzene rings is 2. The van der Waals surface area contributed by atoms with Gasteiger partial charge in [0.15, 0.2) is 0 Å². The molecule has 2 N–H and O–H groups in total. The van der Waals surface area contributed by atoms with Crippen molar-refractivity contribution in [3.05, 3.63) is 70.8 Å². The van der Waals surface area contributed by atoms with Crippen molar-refractivity contribution in [2.24, 2.45) is 5.73 Å². The van der Waals surface area contributed by atoms with Crippen molar-refractivity contribution in [1.29, 1.82) is 0 Å². The summed E-state index contributed by atoms with van der Waals surface area (Å²) in [6.45, 7) is 1.06. The average molecular weight is 288 g/mol. The summed E-state index contributed by atoms with van der Waals surface area (Å²) in [5, 5.41) is 0.629. The second kappa shape index (κ2) is 7.73. The molecule has 0 bridgehead atoms. The Morgan fingerprint density at radius 1 is 1.05 bits per heavy atom. The zero-order valence-corrected chi connectivity index (χ0v) is 12.0. The second-order valence-electron chi connectivity index (χ2n) is 4.39. The van der Waals surface area contributed by atoms with E-state index in [0.29, 0.717) is 18.2 Å². The molecule has 0 saturated carbocycles. The number of hydrogen-bond acceptors (Lipinski definition) is 2. The standard InChI is InChI=1S/C17H18ClNO/c18-16-10-4-9-15(11-12-19)17(16)20-13-5-8-14-6-2-1-3-7-14/h1-10H,11-13,19H2/b8-5+. The molecule has 0 fully saturated rings. The minimum Gasteiger partial charge on any atom is -0.488 e. The van der Waals surface area contributed by atoms with Gasteiger partial charge in [0.2, 0.25) is 0 Å². The summed E-state index contributed by atoms with van der Waals surface area (Å²) in [6, 6.07) is 15.9. The molecule has 2 nitrogen and oxygen atoms in total. The maximum Gasteiger partial charge on any atom is 0.141 e. The van der Waals surface area contributed by atoms with Crippen LogP contribution >= 0.6 is 11.6 Å². The summed E-state index contributed by atoms with van der Waals surface area (Å²) in [7, 11) is 0. The molecule has 104 valence electrons. The van der Waals surface area contributed by atoms with E-state index >= 15 is 0 Å². The smallest absolute Gasteiger partial charge is 0.141 e. The van der Waals surface area contributed by atoms with Crippen LogP contribution in [-0.4, -0.2) is 13.2 Å². The molecule has 0 aliphatic heterocycles. The third-order valence-corrected chi connectivity index (χ3v) is 3.19. The Morgan fingerprint density at radius 3 is 2.60 bits per heavy atom. The summed E-state index contributed by atoms with van der Waals surface area (Å²) < 4.78 is 5.77. The Morgan fingerprint density at radius 2 is 1.85 bits per heavy atom. The average Bonchev–Trinajstić information content (AvgIpc) is 2.47. The predicted molar refractivity (Wildman–Crippen MR) is 85.2 cm³/mol. The molecule has 0 spiro atoms. The number of hydrogen-bond donors (Lipinski definition) is 1. The van der Waals surface area contributed by atoms with E-state index in [4.69, 9.17) is 22.1 Å². The molecule has 0 aromatic heterocycles. The van der Waals surface area contributed by atoms with Gasteiger partial charge in [-0.2, -0.15) is 0 Å². The van der Waals surface area contributed by atoms with Gasteiger partial charge in [0.05, 0.1) is 5.02 Å². The van der Waals surface area contributed by atoms with E-state index in [9.17, 15) is 0 Å². The van der Waals surface area contributed by atoms with Crippen molar-refractivity contribution in [2.45, 2.75) is 6.42 Å². The number of halogens is 1. The fourth-order valence-corrected chi connectivity index (χ4v) is 2.20. The van der Waals surface area contributed by atoms with E-state index in [-0.39, 0.29) is 0 Å². The Balaban J connectivity index is 1.99. The lowest BCUT2D eigenvalue weighted by Gasteiger charge is -2.11. The summed E-state index contributed by atoms with van der Waals surface area (Å²) >= 11 is 6.17. The Kier molecular flexibility index (Phi) is 5.66. The van der Waals surface area contributed by atoms with Gasteiger partial charge in [0.25, 0.3) is 0 Å². The molecule has 0 atom stereocenters. The molecule has 0 aliphatic rings.